The van der Waals surface area contributed by atoms with Crippen molar-refractivity contribution in [3.05, 3.63) is 39.4 Å². The maximum Gasteiger partial charge on any atom is 0.274 e. The summed E-state index contributed by atoms with van der Waals surface area (Å²) in [5.74, 6) is -0.648. The average Bonchev–Trinajstić information content (AvgIpc) is 2.79. The van der Waals surface area contributed by atoms with Gasteiger partial charge in [0.15, 0.2) is 0 Å². The number of nitro groups is 1. The van der Waals surface area contributed by atoms with Crippen LogP contribution in [-0.4, -0.2) is 27.8 Å². The van der Waals surface area contributed by atoms with Crippen molar-refractivity contribution in [2.24, 2.45) is 5.73 Å². The van der Waals surface area contributed by atoms with Crippen LogP contribution in [0.5, 0.6) is 0 Å². The molecule has 1 heterocycles. The van der Waals surface area contributed by atoms with Crippen LogP contribution < -0.4 is 5.73 Å². The molecule has 1 aromatic rings. The van der Waals surface area contributed by atoms with Gasteiger partial charge in [0.1, 0.15) is 0 Å². The number of amides is 1. The molecule has 0 unspecified atom stereocenters. The zero-order valence-corrected chi connectivity index (χ0v) is 12.4. The Bertz CT molecular complexity index is 559. The smallest absolute Gasteiger partial charge is 0.274 e. The van der Waals surface area contributed by atoms with Crippen LogP contribution >= 0.6 is 0 Å². The largest absolute Gasteiger partial charge is 0.366 e. The zero-order valence-electron chi connectivity index (χ0n) is 12.4. The molecule has 2 atom stereocenters. The molecule has 21 heavy (non-hydrogen) atoms. The van der Waals surface area contributed by atoms with Gasteiger partial charge in [0, 0.05) is 35.8 Å². The number of benzene rings is 1. The Kier molecular flexibility index (Phi) is 4.57. The molecule has 6 heteroatoms. The quantitative estimate of drug-likeness (QED) is 0.666. The zero-order chi connectivity index (χ0) is 15.6. The van der Waals surface area contributed by atoms with E-state index in [1.165, 1.54) is 6.07 Å². The summed E-state index contributed by atoms with van der Waals surface area (Å²) in [6.07, 6.45) is 3.29. The third-order valence-electron chi connectivity index (χ3n) is 4.34. The minimum Gasteiger partial charge on any atom is -0.366 e. The molecule has 0 spiro atoms. The van der Waals surface area contributed by atoms with Crippen molar-refractivity contribution < 1.29 is 9.72 Å². The molecule has 1 fully saturated rings. The number of hydrogen-bond acceptors (Lipinski definition) is 4. The van der Waals surface area contributed by atoms with E-state index in [9.17, 15) is 14.9 Å². The second kappa shape index (κ2) is 6.22. The van der Waals surface area contributed by atoms with Crippen LogP contribution in [0, 0.1) is 10.1 Å². The van der Waals surface area contributed by atoms with Crippen molar-refractivity contribution in [2.45, 2.75) is 51.7 Å². The normalized spacial score (nSPS) is 22.4. The van der Waals surface area contributed by atoms with Crippen molar-refractivity contribution in [1.82, 2.24) is 4.90 Å². The third-order valence-corrected chi connectivity index (χ3v) is 4.34. The highest BCUT2D eigenvalue weighted by atomic mass is 16.6. The molecular formula is C15H21N3O3. The fraction of sp³-hybridized carbons (Fsp3) is 0.533. The highest BCUT2D eigenvalue weighted by Crippen LogP contribution is 2.30. The Morgan fingerprint density at radius 2 is 2.19 bits per heavy atom. The predicted molar refractivity (Wildman–Crippen MR) is 79.9 cm³/mol. The first kappa shape index (κ1) is 15.4. The number of likely N-dealkylation sites (tertiary alicyclic amines) is 1. The summed E-state index contributed by atoms with van der Waals surface area (Å²) in [7, 11) is 0. The van der Waals surface area contributed by atoms with Gasteiger partial charge in [-0.1, -0.05) is 13.0 Å². The minimum absolute atomic E-state index is 0.0275. The standard InChI is InChI=1S/C15H21N3O3/c1-3-13-7-4-10(2)17(13)9-12-6-5-11(15(16)19)8-14(12)18(20)21/h5-6,8,10,13H,3-4,7,9H2,1-2H3,(H2,16,19)/t10-,13+/m1/s1. The van der Waals surface area contributed by atoms with Gasteiger partial charge in [-0.15, -0.1) is 0 Å². The molecule has 114 valence electrons. The maximum atomic E-state index is 11.2. The molecule has 1 aliphatic heterocycles. The van der Waals surface area contributed by atoms with E-state index < -0.39 is 10.8 Å². The summed E-state index contributed by atoms with van der Waals surface area (Å²) < 4.78 is 0. The van der Waals surface area contributed by atoms with Crippen LogP contribution in [0.25, 0.3) is 0 Å². The summed E-state index contributed by atoms with van der Waals surface area (Å²) in [6, 6.07) is 5.38. The predicted octanol–water partition coefficient (Wildman–Crippen LogP) is 2.46. The summed E-state index contributed by atoms with van der Waals surface area (Å²) >= 11 is 0. The first-order chi connectivity index (χ1) is 9.93. The molecule has 0 aromatic heterocycles. The number of carbonyl (C=O) groups is 1. The Hall–Kier alpha value is -1.95. The Morgan fingerprint density at radius 1 is 1.48 bits per heavy atom. The summed E-state index contributed by atoms with van der Waals surface area (Å²) in [6.45, 7) is 4.83. The summed E-state index contributed by atoms with van der Waals surface area (Å²) in [4.78, 5) is 24.3. The van der Waals surface area contributed by atoms with E-state index >= 15 is 0 Å². The lowest BCUT2D eigenvalue weighted by Gasteiger charge is -2.27. The monoisotopic (exact) mass is 291 g/mol. The molecule has 1 saturated heterocycles. The van der Waals surface area contributed by atoms with Crippen LogP contribution in [0.15, 0.2) is 18.2 Å². The lowest BCUT2D eigenvalue weighted by Crippen LogP contribution is -2.33. The summed E-state index contributed by atoms with van der Waals surface area (Å²) in [5.41, 5.74) is 5.97. The van der Waals surface area contributed by atoms with Gasteiger partial charge in [0.05, 0.1) is 4.92 Å². The van der Waals surface area contributed by atoms with Crippen LogP contribution in [0.4, 0.5) is 5.69 Å². The van der Waals surface area contributed by atoms with Crippen LogP contribution in [-0.2, 0) is 6.54 Å². The van der Waals surface area contributed by atoms with Crippen LogP contribution in [0.3, 0.4) is 0 Å². The van der Waals surface area contributed by atoms with E-state index in [0.717, 1.165) is 19.3 Å². The van der Waals surface area contributed by atoms with E-state index in [4.69, 9.17) is 5.73 Å². The molecule has 0 saturated carbocycles. The first-order valence-electron chi connectivity index (χ1n) is 7.26. The molecule has 1 aliphatic rings. The minimum atomic E-state index is -0.648. The van der Waals surface area contributed by atoms with Gasteiger partial charge in [0.2, 0.25) is 5.91 Å². The fourth-order valence-electron chi connectivity index (χ4n) is 3.07. The van der Waals surface area contributed by atoms with Crippen LogP contribution in [0.1, 0.15) is 49.0 Å². The van der Waals surface area contributed by atoms with Gasteiger partial charge >= 0.3 is 0 Å². The fourth-order valence-corrected chi connectivity index (χ4v) is 3.07. The van der Waals surface area contributed by atoms with Crippen molar-refractivity contribution in [3.8, 4) is 0 Å². The van der Waals surface area contributed by atoms with Crippen molar-refractivity contribution in [3.63, 3.8) is 0 Å². The number of primary amides is 1. The lowest BCUT2D eigenvalue weighted by molar-refractivity contribution is -0.385. The Balaban J connectivity index is 2.31. The van der Waals surface area contributed by atoms with Gasteiger partial charge in [-0.3, -0.25) is 19.8 Å². The Morgan fingerprint density at radius 3 is 2.76 bits per heavy atom. The van der Waals surface area contributed by atoms with E-state index in [1.54, 1.807) is 12.1 Å². The topological polar surface area (TPSA) is 89.5 Å². The van der Waals surface area contributed by atoms with E-state index in [2.05, 4.69) is 18.7 Å². The highest BCUT2D eigenvalue weighted by molar-refractivity contribution is 5.93. The number of nitro benzene ring substituents is 1. The number of rotatable bonds is 5. The van der Waals surface area contributed by atoms with Crippen LogP contribution in [0.2, 0.25) is 0 Å². The number of nitrogens with zero attached hydrogens (tertiary/aromatic N) is 2. The second-order valence-corrected chi connectivity index (χ2v) is 5.63. The van der Waals surface area contributed by atoms with Crippen molar-refractivity contribution >= 4 is 11.6 Å². The number of carbonyl (C=O) groups excluding carboxylic acids is 1. The number of nitrogens with two attached hydrogens (primary N) is 1. The van der Waals surface area contributed by atoms with E-state index in [-0.39, 0.29) is 11.3 Å². The molecule has 6 nitrogen and oxygen atoms in total. The van der Waals surface area contributed by atoms with Gasteiger partial charge in [-0.05, 0) is 32.3 Å². The van der Waals surface area contributed by atoms with Gasteiger partial charge in [-0.25, -0.2) is 0 Å². The van der Waals surface area contributed by atoms with Crippen molar-refractivity contribution in [1.29, 1.82) is 0 Å². The highest BCUT2D eigenvalue weighted by Gasteiger charge is 2.31. The van der Waals surface area contributed by atoms with E-state index in [1.807, 2.05) is 0 Å². The van der Waals surface area contributed by atoms with Gasteiger partial charge in [-0.2, -0.15) is 0 Å². The lowest BCUT2D eigenvalue weighted by atomic mass is 10.1. The van der Waals surface area contributed by atoms with Gasteiger partial charge in [0.25, 0.3) is 5.69 Å². The third kappa shape index (κ3) is 3.21. The second-order valence-electron chi connectivity index (χ2n) is 5.63. The molecule has 0 bridgehead atoms. The molecule has 2 rings (SSSR count). The average molecular weight is 291 g/mol. The van der Waals surface area contributed by atoms with E-state index in [0.29, 0.717) is 24.2 Å². The van der Waals surface area contributed by atoms with Crippen molar-refractivity contribution in [2.75, 3.05) is 0 Å². The maximum absolute atomic E-state index is 11.2. The summed E-state index contributed by atoms with van der Waals surface area (Å²) in [5, 5.41) is 11.2. The van der Waals surface area contributed by atoms with Gasteiger partial charge < -0.3 is 5.73 Å². The molecule has 0 aliphatic carbocycles. The number of hydrogen-bond donors (Lipinski definition) is 1. The molecular weight excluding hydrogens is 270 g/mol. The molecule has 1 amide bonds. The molecule has 0 radical (unpaired) electrons. The SMILES string of the molecule is CC[C@H]1CC[C@@H](C)N1Cc1ccc(C(N)=O)cc1[N+](=O)[O-]. The molecule has 1 aromatic carbocycles. The Labute approximate surface area is 124 Å². The first-order valence-corrected chi connectivity index (χ1v) is 7.26. The molecule has 2 N–H and O–H groups in total.